The van der Waals surface area contributed by atoms with Gasteiger partial charge < -0.3 is 34.1 Å². The Bertz CT molecular complexity index is 1030. The smallest absolute Gasteiger partial charge is 0.325 e. The molecule has 0 spiro atoms. The second-order valence-electron chi connectivity index (χ2n) is 24.1. The van der Waals surface area contributed by atoms with Crippen molar-refractivity contribution < 1.29 is 28.5 Å². The molecule has 1 heterocycles. The number of rotatable bonds is 19. The third-order valence-corrected chi connectivity index (χ3v) is 10.2. The maximum atomic E-state index is 12.1. The zero-order chi connectivity index (χ0) is 53.6. The van der Waals surface area contributed by atoms with Crippen LogP contribution in [0, 0.1) is 59.2 Å². The fraction of sp³-hybridized carbons (Fsp3) is 0.966. The number of ether oxygens (including phenoxy) is 4. The molecule has 408 valence electrons. The number of methoxy groups -OCH3 is 1. The summed E-state index contributed by atoms with van der Waals surface area (Å²) in [4.78, 5) is 28.1. The summed E-state index contributed by atoms with van der Waals surface area (Å²) >= 11 is 0. The van der Waals surface area contributed by atoms with Crippen molar-refractivity contribution in [1.29, 1.82) is 0 Å². The Balaban J connectivity index is -0.000000246. The van der Waals surface area contributed by atoms with E-state index in [4.69, 9.17) is 18.9 Å². The van der Waals surface area contributed by atoms with E-state index in [1.807, 2.05) is 41.5 Å². The van der Waals surface area contributed by atoms with Crippen LogP contribution in [0.2, 0.25) is 0 Å². The van der Waals surface area contributed by atoms with Crippen LogP contribution >= 0.6 is 0 Å². The first kappa shape index (κ1) is 74.7. The van der Waals surface area contributed by atoms with Crippen LogP contribution in [0.15, 0.2) is 0 Å². The molecule has 1 amide bonds. The molecule has 67 heavy (non-hydrogen) atoms. The Labute approximate surface area is 421 Å². The lowest BCUT2D eigenvalue weighted by atomic mass is 9.82. The predicted octanol–water partition coefficient (Wildman–Crippen LogP) is 14.7. The minimum atomic E-state index is -0.346. The van der Waals surface area contributed by atoms with Gasteiger partial charge in [-0.3, -0.25) is 9.59 Å². The summed E-state index contributed by atoms with van der Waals surface area (Å²) in [5.41, 5.74) is 0. The first-order valence-electron chi connectivity index (χ1n) is 27.4. The number of piperidine rings is 1. The number of likely N-dealkylation sites (tertiary alicyclic amines) is 1. The molecular formula is C58H125N3O6. The number of nitrogens with one attached hydrogen (secondary N) is 1. The minimum absolute atomic E-state index is 0.00580. The third kappa shape index (κ3) is 59.0. The predicted molar refractivity (Wildman–Crippen MR) is 295 cm³/mol. The summed E-state index contributed by atoms with van der Waals surface area (Å²) in [7, 11) is 1.70. The molecule has 0 aromatic carbocycles. The van der Waals surface area contributed by atoms with Gasteiger partial charge in [0.1, 0.15) is 6.54 Å². The highest BCUT2D eigenvalue weighted by Gasteiger charge is 2.30. The Kier molecular flexibility index (Phi) is 51.1. The SMILES string of the molecule is CC(C)C.CC(C)C.CC(C)C.CC(C)CC(=O)N(CCNC(C)C)CC(=O)OC(C)C.CC(C)OCC1CC(C(C)C)CN(C(C)C)C1.CC(C)OCC1CCC(C(C)C)C1.COC(C)C. The van der Waals surface area contributed by atoms with E-state index in [9.17, 15) is 9.59 Å². The van der Waals surface area contributed by atoms with Gasteiger partial charge in [-0.05, 0) is 154 Å². The normalized spacial score (nSPS) is 18.3. The van der Waals surface area contributed by atoms with Crippen molar-refractivity contribution in [1.82, 2.24) is 15.1 Å². The molecule has 0 radical (unpaired) electrons. The number of amides is 1. The molecule has 9 nitrogen and oxygen atoms in total. The van der Waals surface area contributed by atoms with Gasteiger partial charge >= 0.3 is 5.97 Å². The quantitative estimate of drug-likeness (QED) is 0.128. The fourth-order valence-corrected chi connectivity index (χ4v) is 6.55. The average molecular weight is 961 g/mol. The highest BCUT2D eigenvalue weighted by atomic mass is 16.5. The molecule has 2 aliphatic rings. The first-order valence-corrected chi connectivity index (χ1v) is 27.4. The fourth-order valence-electron chi connectivity index (χ4n) is 6.55. The van der Waals surface area contributed by atoms with Gasteiger partial charge in [0.15, 0.2) is 0 Å². The van der Waals surface area contributed by atoms with Crippen molar-refractivity contribution in [2.24, 2.45) is 59.2 Å². The topological polar surface area (TPSA) is 89.6 Å². The Morgan fingerprint density at radius 2 is 0.985 bits per heavy atom. The zero-order valence-corrected chi connectivity index (χ0v) is 50.6. The first-order chi connectivity index (χ1) is 30.7. The van der Waals surface area contributed by atoms with E-state index in [1.54, 1.807) is 25.9 Å². The minimum Gasteiger partial charge on any atom is -0.462 e. The van der Waals surface area contributed by atoms with Gasteiger partial charge in [-0.15, -0.1) is 0 Å². The zero-order valence-electron chi connectivity index (χ0n) is 50.6. The molecule has 4 unspecified atom stereocenters. The van der Waals surface area contributed by atoms with Crippen molar-refractivity contribution in [3.63, 3.8) is 0 Å². The molecular weight excluding hydrogens is 835 g/mol. The molecule has 1 saturated carbocycles. The Morgan fingerprint density at radius 3 is 1.31 bits per heavy atom. The largest absolute Gasteiger partial charge is 0.462 e. The van der Waals surface area contributed by atoms with Gasteiger partial charge in [-0.1, -0.05) is 118 Å². The average Bonchev–Trinajstić information content (AvgIpc) is 3.65. The maximum Gasteiger partial charge on any atom is 0.325 e. The van der Waals surface area contributed by atoms with Crippen molar-refractivity contribution >= 4 is 11.9 Å². The molecule has 2 rings (SSSR count). The van der Waals surface area contributed by atoms with Crippen LogP contribution in [0.3, 0.4) is 0 Å². The van der Waals surface area contributed by atoms with Gasteiger partial charge in [0.05, 0.1) is 31.0 Å². The summed E-state index contributed by atoms with van der Waals surface area (Å²) in [6.45, 7) is 63.3. The van der Waals surface area contributed by atoms with E-state index in [-0.39, 0.29) is 30.4 Å². The number of carbonyl (C=O) groups is 2. The molecule has 1 saturated heterocycles. The van der Waals surface area contributed by atoms with E-state index in [0.29, 0.717) is 49.9 Å². The van der Waals surface area contributed by atoms with Crippen molar-refractivity contribution in [2.45, 2.75) is 256 Å². The van der Waals surface area contributed by atoms with Gasteiger partial charge in [0, 0.05) is 58.4 Å². The van der Waals surface area contributed by atoms with Crippen LogP contribution in [0.4, 0.5) is 0 Å². The van der Waals surface area contributed by atoms with Crippen LogP contribution < -0.4 is 5.32 Å². The molecule has 0 aromatic heterocycles. The summed E-state index contributed by atoms with van der Waals surface area (Å²) in [5.74, 6) is 7.46. The lowest BCUT2D eigenvalue weighted by molar-refractivity contribution is -0.152. The van der Waals surface area contributed by atoms with Crippen LogP contribution in [0.5, 0.6) is 0 Å². The van der Waals surface area contributed by atoms with Gasteiger partial charge in [0.2, 0.25) is 5.91 Å². The van der Waals surface area contributed by atoms with Gasteiger partial charge in [0.25, 0.3) is 0 Å². The molecule has 9 heteroatoms. The lowest BCUT2D eigenvalue weighted by Gasteiger charge is -2.41. The Hall–Kier alpha value is -1.26. The van der Waals surface area contributed by atoms with E-state index >= 15 is 0 Å². The third-order valence-electron chi connectivity index (χ3n) is 10.2. The van der Waals surface area contributed by atoms with Crippen LogP contribution in [0.1, 0.15) is 219 Å². The summed E-state index contributed by atoms with van der Waals surface area (Å²) < 4.78 is 21.3. The van der Waals surface area contributed by atoms with Crippen LogP contribution in [-0.2, 0) is 28.5 Å². The van der Waals surface area contributed by atoms with Crippen molar-refractivity contribution in [3.8, 4) is 0 Å². The van der Waals surface area contributed by atoms with Crippen LogP contribution in [0.25, 0.3) is 0 Å². The summed E-state index contributed by atoms with van der Waals surface area (Å²) in [5, 5.41) is 3.25. The van der Waals surface area contributed by atoms with E-state index in [0.717, 1.165) is 66.5 Å². The lowest BCUT2D eigenvalue weighted by Crippen LogP contribution is -2.46. The number of hydrogen-bond donors (Lipinski definition) is 1. The molecule has 0 aromatic rings. The van der Waals surface area contributed by atoms with E-state index < -0.39 is 0 Å². The van der Waals surface area contributed by atoms with Gasteiger partial charge in [-0.2, -0.15) is 0 Å². The maximum absolute atomic E-state index is 12.1. The van der Waals surface area contributed by atoms with Crippen molar-refractivity contribution in [2.75, 3.05) is 53.0 Å². The molecule has 4 atom stereocenters. The van der Waals surface area contributed by atoms with Gasteiger partial charge in [-0.25, -0.2) is 0 Å². The van der Waals surface area contributed by atoms with E-state index in [1.165, 1.54) is 38.8 Å². The van der Waals surface area contributed by atoms with Crippen molar-refractivity contribution in [3.05, 3.63) is 0 Å². The standard InChI is InChI=1S/C15H30N2O3.C15H31NO.C12H24O.C4H10O.3C4H10/c1-11(2)9-14(18)17(8-7-16-12(3)4)10-15(19)20-13(5)6;1-11(2)15-7-14(10-17-13(5)6)8-16(9-15)12(3)4;1-9(2)12-6-5-11(7-12)8-13-10(3)4;1-4(2)5-3;3*1-4(2)3/h11-13,16H,7-10H2,1-6H3;11-15H,7-10H2,1-6H3;9-12H,5-8H2,1-4H3;4H,1-3H3;3*4H,1-3H3. The Morgan fingerprint density at radius 1 is 0.567 bits per heavy atom. The molecule has 1 aliphatic carbocycles. The monoisotopic (exact) mass is 960 g/mol. The number of hydrogen-bond acceptors (Lipinski definition) is 8. The number of nitrogens with zero attached hydrogens (tertiary/aromatic N) is 2. The highest BCUT2D eigenvalue weighted by Crippen LogP contribution is 2.35. The van der Waals surface area contributed by atoms with E-state index in [2.05, 4.69) is 142 Å². The second kappa shape index (κ2) is 45.9. The number of esters is 1. The second-order valence-corrected chi connectivity index (χ2v) is 24.1. The molecule has 0 bridgehead atoms. The molecule has 1 aliphatic heterocycles. The van der Waals surface area contributed by atoms with Crippen LogP contribution in [-0.4, -0.2) is 111 Å². The molecule has 2 fully saturated rings. The summed E-state index contributed by atoms with van der Waals surface area (Å²) in [6.07, 6.45) is 6.99. The summed E-state index contributed by atoms with van der Waals surface area (Å²) in [6, 6.07) is 1.03. The highest BCUT2D eigenvalue weighted by molar-refractivity contribution is 5.82. The molecule has 1 N–H and O–H groups in total. The number of carbonyl (C=O) groups excluding carboxylic acids is 2.